The van der Waals surface area contributed by atoms with E-state index in [1.807, 2.05) is 4.83 Å². The second-order valence-corrected chi connectivity index (χ2v) is 7.28. The summed E-state index contributed by atoms with van der Waals surface area (Å²) in [6.07, 6.45) is 0. The van der Waals surface area contributed by atoms with Crippen LogP contribution in [0, 0.1) is 6.92 Å². The predicted octanol–water partition coefficient (Wildman–Crippen LogP) is 2.69. The highest BCUT2D eigenvalue weighted by Gasteiger charge is 2.18. The third-order valence-electron chi connectivity index (χ3n) is 2.95. The molecule has 1 amide bonds. The zero-order chi connectivity index (χ0) is 17.7. The molecule has 0 unspecified atom stereocenters. The number of carbonyl (C=O) groups excluding carboxylic acids is 1. The van der Waals surface area contributed by atoms with Crippen molar-refractivity contribution in [1.29, 1.82) is 0 Å². The van der Waals surface area contributed by atoms with Crippen molar-refractivity contribution in [1.82, 2.24) is 10.3 Å². The van der Waals surface area contributed by atoms with Crippen LogP contribution in [-0.4, -0.2) is 20.9 Å². The number of nitrogens with one attached hydrogen (secondary N) is 2. The number of halogens is 2. The van der Waals surface area contributed by atoms with Gasteiger partial charge in [0, 0.05) is 5.02 Å². The van der Waals surface area contributed by atoms with Crippen molar-refractivity contribution in [2.75, 3.05) is 6.61 Å². The highest BCUT2D eigenvalue weighted by Crippen LogP contribution is 2.22. The maximum atomic E-state index is 12.1. The van der Waals surface area contributed by atoms with Gasteiger partial charge >= 0.3 is 0 Å². The minimum atomic E-state index is -3.97. The van der Waals surface area contributed by atoms with Crippen molar-refractivity contribution in [2.45, 2.75) is 11.8 Å². The van der Waals surface area contributed by atoms with Crippen LogP contribution < -0.4 is 15.0 Å². The molecule has 24 heavy (non-hydrogen) atoms. The topological polar surface area (TPSA) is 84.5 Å². The highest BCUT2D eigenvalue weighted by molar-refractivity contribution is 7.89. The molecule has 0 radical (unpaired) electrons. The second kappa shape index (κ2) is 7.85. The Morgan fingerprint density at radius 1 is 1.17 bits per heavy atom. The monoisotopic (exact) mass is 388 g/mol. The van der Waals surface area contributed by atoms with Gasteiger partial charge in [-0.15, -0.1) is 4.83 Å². The molecule has 0 aromatic heterocycles. The third kappa shape index (κ3) is 4.85. The van der Waals surface area contributed by atoms with Crippen LogP contribution in [0.5, 0.6) is 5.75 Å². The minimum Gasteiger partial charge on any atom is -0.483 e. The lowest BCUT2D eigenvalue weighted by Gasteiger charge is -2.11. The average Bonchev–Trinajstić information content (AvgIpc) is 2.52. The van der Waals surface area contributed by atoms with Gasteiger partial charge in [0.05, 0.1) is 5.02 Å². The van der Waals surface area contributed by atoms with E-state index in [-0.39, 0.29) is 16.5 Å². The molecule has 0 heterocycles. The SMILES string of the molecule is Cc1cc(Cl)ccc1OCC(=O)NNS(=O)(=O)c1ccccc1Cl. The van der Waals surface area contributed by atoms with E-state index in [1.54, 1.807) is 31.2 Å². The van der Waals surface area contributed by atoms with E-state index in [2.05, 4.69) is 5.43 Å². The van der Waals surface area contributed by atoms with Crippen LogP contribution in [0.4, 0.5) is 0 Å². The van der Waals surface area contributed by atoms with Crippen LogP contribution in [0.2, 0.25) is 10.0 Å². The number of sulfonamides is 1. The molecule has 0 fully saturated rings. The van der Waals surface area contributed by atoms with Gasteiger partial charge in [-0.2, -0.15) is 0 Å². The van der Waals surface area contributed by atoms with Gasteiger partial charge in [-0.1, -0.05) is 35.3 Å². The molecule has 6 nitrogen and oxygen atoms in total. The van der Waals surface area contributed by atoms with Crippen LogP contribution >= 0.6 is 23.2 Å². The first-order chi connectivity index (χ1) is 11.3. The quantitative estimate of drug-likeness (QED) is 0.744. The highest BCUT2D eigenvalue weighted by atomic mass is 35.5. The van der Waals surface area contributed by atoms with E-state index in [9.17, 15) is 13.2 Å². The van der Waals surface area contributed by atoms with E-state index in [1.165, 1.54) is 18.2 Å². The molecule has 2 aromatic carbocycles. The number of rotatable bonds is 6. The molecule has 128 valence electrons. The Kier molecular flexibility index (Phi) is 6.06. The van der Waals surface area contributed by atoms with Crippen LogP contribution in [0.1, 0.15) is 5.56 Å². The summed E-state index contributed by atoms with van der Waals surface area (Å²) in [4.78, 5) is 13.6. The normalized spacial score (nSPS) is 11.1. The van der Waals surface area contributed by atoms with E-state index >= 15 is 0 Å². The second-order valence-electron chi connectivity index (χ2n) is 4.78. The standard InChI is InChI=1S/C15H14Cl2N2O4S/c1-10-8-11(16)6-7-13(10)23-9-15(20)18-19-24(21,22)14-5-3-2-4-12(14)17/h2-8,19H,9H2,1H3,(H,18,20). The van der Waals surface area contributed by atoms with E-state index in [0.717, 1.165) is 5.56 Å². The van der Waals surface area contributed by atoms with Gasteiger partial charge in [-0.3, -0.25) is 10.2 Å². The smallest absolute Gasteiger partial charge is 0.272 e. The lowest BCUT2D eigenvalue weighted by molar-refractivity contribution is -0.123. The Hall–Kier alpha value is -1.80. The Bertz CT molecular complexity index is 856. The van der Waals surface area contributed by atoms with Crippen molar-refractivity contribution < 1.29 is 17.9 Å². The van der Waals surface area contributed by atoms with Gasteiger partial charge in [0.2, 0.25) is 0 Å². The molecule has 0 bridgehead atoms. The Balaban J connectivity index is 1.92. The maximum Gasteiger partial charge on any atom is 0.272 e. The fourth-order valence-electron chi connectivity index (χ4n) is 1.80. The number of hydrogen-bond acceptors (Lipinski definition) is 4. The maximum absolute atomic E-state index is 12.1. The van der Waals surface area contributed by atoms with Crippen molar-refractivity contribution in [3.8, 4) is 5.75 Å². The number of ether oxygens (including phenoxy) is 1. The summed E-state index contributed by atoms with van der Waals surface area (Å²) in [7, 11) is -3.97. The van der Waals surface area contributed by atoms with Crippen molar-refractivity contribution >= 4 is 39.1 Å². The summed E-state index contributed by atoms with van der Waals surface area (Å²) in [5.41, 5.74) is 2.82. The molecule has 0 aliphatic carbocycles. The molecule has 2 N–H and O–H groups in total. The zero-order valence-electron chi connectivity index (χ0n) is 12.5. The molecule has 2 aromatic rings. The van der Waals surface area contributed by atoms with Crippen LogP contribution in [-0.2, 0) is 14.8 Å². The summed E-state index contributed by atoms with van der Waals surface area (Å²) < 4.78 is 29.4. The lowest BCUT2D eigenvalue weighted by Crippen LogP contribution is -2.43. The molecule has 9 heteroatoms. The van der Waals surface area contributed by atoms with Gasteiger partial charge in [0.1, 0.15) is 10.6 Å². The summed E-state index contributed by atoms with van der Waals surface area (Å²) in [5, 5.41) is 0.601. The van der Waals surface area contributed by atoms with Gasteiger partial charge in [0.15, 0.2) is 6.61 Å². The van der Waals surface area contributed by atoms with E-state index in [4.69, 9.17) is 27.9 Å². The minimum absolute atomic E-state index is 0.0484. The van der Waals surface area contributed by atoms with Crippen molar-refractivity contribution in [2.24, 2.45) is 0 Å². The van der Waals surface area contributed by atoms with Crippen LogP contribution in [0.15, 0.2) is 47.4 Å². The molecule has 0 aliphatic heterocycles. The number of amides is 1. The summed E-state index contributed by atoms with van der Waals surface area (Å²) in [6, 6.07) is 10.8. The first-order valence-corrected chi connectivity index (χ1v) is 8.97. The van der Waals surface area contributed by atoms with Crippen molar-refractivity contribution in [3.63, 3.8) is 0 Å². The predicted molar refractivity (Wildman–Crippen MR) is 91.6 cm³/mol. The lowest BCUT2D eigenvalue weighted by atomic mass is 10.2. The van der Waals surface area contributed by atoms with Gasteiger partial charge in [-0.25, -0.2) is 8.42 Å². The largest absolute Gasteiger partial charge is 0.483 e. The number of hydrazine groups is 1. The van der Waals surface area contributed by atoms with E-state index < -0.39 is 15.9 Å². The first-order valence-electron chi connectivity index (χ1n) is 6.74. The number of benzene rings is 2. The molecule has 2 rings (SSSR count). The fourth-order valence-corrected chi connectivity index (χ4v) is 3.40. The molecule has 0 spiro atoms. The molecular weight excluding hydrogens is 375 g/mol. The first kappa shape index (κ1) is 18.5. The Labute approximate surface area is 149 Å². The molecular formula is C15H14Cl2N2O4S. The number of carbonyl (C=O) groups is 1. The molecule has 0 saturated carbocycles. The molecule has 0 saturated heterocycles. The summed E-state index contributed by atoms with van der Waals surface area (Å²) in [6.45, 7) is 1.41. The van der Waals surface area contributed by atoms with Gasteiger partial charge in [0.25, 0.3) is 15.9 Å². The van der Waals surface area contributed by atoms with Gasteiger partial charge in [-0.05, 0) is 42.8 Å². The number of aryl methyl sites for hydroxylation is 1. The van der Waals surface area contributed by atoms with Gasteiger partial charge < -0.3 is 4.74 Å². The number of hydrogen-bond donors (Lipinski definition) is 2. The summed E-state index contributed by atoms with van der Waals surface area (Å²) in [5.74, 6) is -0.191. The third-order valence-corrected chi connectivity index (χ3v) is 4.93. The Morgan fingerprint density at radius 3 is 2.54 bits per heavy atom. The molecule has 0 atom stereocenters. The average molecular weight is 389 g/mol. The fraction of sp³-hybridized carbons (Fsp3) is 0.133. The van der Waals surface area contributed by atoms with Crippen LogP contribution in [0.3, 0.4) is 0 Å². The molecule has 0 aliphatic rings. The Morgan fingerprint density at radius 2 is 1.88 bits per heavy atom. The summed E-state index contributed by atoms with van der Waals surface area (Å²) >= 11 is 11.7. The van der Waals surface area contributed by atoms with E-state index in [0.29, 0.717) is 10.8 Å². The zero-order valence-corrected chi connectivity index (χ0v) is 14.9. The van der Waals surface area contributed by atoms with Crippen LogP contribution in [0.25, 0.3) is 0 Å². The van der Waals surface area contributed by atoms with Crippen molar-refractivity contribution in [3.05, 3.63) is 58.1 Å².